The van der Waals surface area contributed by atoms with Crippen LogP contribution in [-0.4, -0.2) is 58.4 Å². The summed E-state index contributed by atoms with van der Waals surface area (Å²) in [5, 5.41) is 4.62. The first kappa shape index (κ1) is 18.5. The third-order valence-electron chi connectivity index (χ3n) is 6.22. The molecular weight excluding hydrogens is 336 g/mol. The zero-order chi connectivity index (χ0) is 19.0. The molecule has 2 aliphatic rings. The topological polar surface area (TPSA) is 33.5 Å². The molecule has 2 aromatic rings. The second-order valence-corrected chi connectivity index (χ2v) is 8.30. The molecule has 2 fully saturated rings. The monoisotopic (exact) mass is 368 g/mol. The van der Waals surface area contributed by atoms with Crippen LogP contribution in [0.2, 0.25) is 0 Å². The summed E-state index contributed by atoms with van der Waals surface area (Å²) in [5.41, 5.74) is 4.82. The van der Waals surface area contributed by atoms with Crippen molar-refractivity contribution < 1.29 is 4.74 Å². The van der Waals surface area contributed by atoms with Crippen LogP contribution in [0.4, 0.5) is 0 Å². The van der Waals surface area contributed by atoms with Gasteiger partial charge in [-0.25, -0.2) is 0 Å². The van der Waals surface area contributed by atoms with Gasteiger partial charge in [-0.2, -0.15) is 5.10 Å². The van der Waals surface area contributed by atoms with Crippen LogP contribution in [0, 0.1) is 13.8 Å². The Morgan fingerprint density at radius 2 is 2.00 bits per heavy atom. The molecule has 2 saturated heterocycles. The molecule has 1 unspecified atom stereocenters. The van der Waals surface area contributed by atoms with Gasteiger partial charge in [-0.3, -0.25) is 14.5 Å². The summed E-state index contributed by atoms with van der Waals surface area (Å²) >= 11 is 0. The van der Waals surface area contributed by atoms with Crippen LogP contribution in [0.15, 0.2) is 24.3 Å². The van der Waals surface area contributed by atoms with E-state index < -0.39 is 0 Å². The molecule has 0 amide bonds. The SMILES string of the molecule is COc1ccc(CN2CC3CCCN3C[C@H]2C)cc1Cn1nc(C)cc1C. The summed E-state index contributed by atoms with van der Waals surface area (Å²) in [7, 11) is 1.75. The first-order chi connectivity index (χ1) is 13.0. The summed E-state index contributed by atoms with van der Waals surface area (Å²) in [6.45, 7) is 12.0. The zero-order valence-electron chi connectivity index (χ0n) is 17.1. The number of fused-ring (bicyclic) bond motifs is 1. The number of rotatable bonds is 5. The highest BCUT2D eigenvalue weighted by Crippen LogP contribution is 2.27. The summed E-state index contributed by atoms with van der Waals surface area (Å²) in [6, 6.07) is 10.1. The van der Waals surface area contributed by atoms with Crippen LogP contribution in [-0.2, 0) is 13.1 Å². The van der Waals surface area contributed by atoms with E-state index in [2.05, 4.69) is 57.7 Å². The van der Waals surface area contributed by atoms with Gasteiger partial charge in [0, 0.05) is 43.0 Å². The maximum Gasteiger partial charge on any atom is 0.123 e. The predicted octanol–water partition coefficient (Wildman–Crippen LogP) is 3.23. The second-order valence-electron chi connectivity index (χ2n) is 8.30. The van der Waals surface area contributed by atoms with Crippen molar-refractivity contribution >= 4 is 0 Å². The van der Waals surface area contributed by atoms with Crippen molar-refractivity contribution in [2.45, 2.75) is 58.8 Å². The first-order valence-electron chi connectivity index (χ1n) is 10.2. The summed E-state index contributed by atoms with van der Waals surface area (Å²) < 4.78 is 7.69. The molecule has 2 atom stereocenters. The molecule has 0 saturated carbocycles. The molecule has 5 heteroatoms. The van der Waals surface area contributed by atoms with Crippen LogP contribution >= 0.6 is 0 Å². The number of aryl methyl sites for hydroxylation is 2. The highest BCUT2D eigenvalue weighted by molar-refractivity contribution is 5.37. The second kappa shape index (κ2) is 7.64. The van der Waals surface area contributed by atoms with Gasteiger partial charge in [0.05, 0.1) is 19.3 Å². The molecule has 2 aliphatic heterocycles. The average Bonchev–Trinajstić information content (AvgIpc) is 3.21. The maximum absolute atomic E-state index is 5.63. The van der Waals surface area contributed by atoms with Gasteiger partial charge in [0.25, 0.3) is 0 Å². The Balaban J connectivity index is 1.52. The van der Waals surface area contributed by atoms with E-state index >= 15 is 0 Å². The standard InChI is InChI=1S/C22H32N4O/c1-16-10-17(2)26(23-16)14-20-11-19(7-8-22(20)27-4)13-25-15-21-6-5-9-24(21)12-18(25)3/h7-8,10-11,18,21H,5-6,9,12-15H2,1-4H3/t18-,21?/m1/s1. The van der Waals surface area contributed by atoms with Crippen LogP contribution in [0.1, 0.15) is 42.3 Å². The van der Waals surface area contributed by atoms with Gasteiger partial charge in [0.1, 0.15) is 5.75 Å². The molecule has 0 bridgehead atoms. The van der Waals surface area contributed by atoms with Gasteiger partial charge in [0.15, 0.2) is 0 Å². The van der Waals surface area contributed by atoms with E-state index in [9.17, 15) is 0 Å². The number of ether oxygens (including phenoxy) is 1. The molecule has 4 rings (SSSR count). The van der Waals surface area contributed by atoms with E-state index in [1.807, 2.05) is 6.92 Å². The Labute approximate surface area is 162 Å². The molecular formula is C22H32N4O. The zero-order valence-corrected chi connectivity index (χ0v) is 17.1. The predicted molar refractivity (Wildman–Crippen MR) is 108 cm³/mol. The smallest absolute Gasteiger partial charge is 0.123 e. The third kappa shape index (κ3) is 3.90. The van der Waals surface area contributed by atoms with Crippen molar-refractivity contribution in [2.75, 3.05) is 26.7 Å². The Morgan fingerprint density at radius 1 is 1.15 bits per heavy atom. The lowest BCUT2D eigenvalue weighted by atomic mass is 10.0. The van der Waals surface area contributed by atoms with Crippen LogP contribution in [0.3, 0.4) is 0 Å². The Kier molecular flexibility index (Phi) is 5.24. The Bertz CT molecular complexity index is 800. The normalized spacial score (nSPS) is 23.6. The van der Waals surface area contributed by atoms with Crippen molar-refractivity contribution in [3.8, 4) is 5.75 Å². The Hall–Kier alpha value is -1.85. The molecule has 1 aromatic carbocycles. The fraction of sp³-hybridized carbons (Fsp3) is 0.591. The first-order valence-corrected chi connectivity index (χ1v) is 10.2. The van der Waals surface area contributed by atoms with E-state index in [1.165, 1.54) is 49.3 Å². The van der Waals surface area contributed by atoms with E-state index in [1.54, 1.807) is 7.11 Å². The summed E-state index contributed by atoms with van der Waals surface area (Å²) in [4.78, 5) is 5.34. The fourth-order valence-corrected chi connectivity index (χ4v) is 4.75. The van der Waals surface area contributed by atoms with Gasteiger partial charge in [-0.15, -0.1) is 0 Å². The molecule has 1 aromatic heterocycles. The number of aromatic nitrogens is 2. The molecule has 0 spiro atoms. The minimum atomic E-state index is 0.612. The molecule has 3 heterocycles. The van der Waals surface area contributed by atoms with Gasteiger partial charge < -0.3 is 4.74 Å². The van der Waals surface area contributed by atoms with E-state index in [0.717, 1.165) is 30.6 Å². The molecule has 0 aliphatic carbocycles. The molecule has 5 nitrogen and oxygen atoms in total. The number of nitrogens with zero attached hydrogens (tertiary/aromatic N) is 4. The van der Waals surface area contributed by atoms with E-state index in [-0.39, 0.29) is 0 Å². The molecule has 0 radical (unpaired) electrons. The third-order valence-corrected chi connectivity index (χ3v) is 6.22. The van der Waals surface area contributed by atoms with Crippen LogP contribution < -0.4 is 4.74 Å². The van der Waals surface area contributed by atoms with Crippen molar-refractivity contribution in [3.63, 3.8) is 0 Å². The quantitative estimate of drug-likeness (QED) is 0.811. The lowest BCUT2D eigenvalue weighted by molar-refractivity contribution is 0.0540. The van der Waals surface area contributed by atoms with Crippen molar-refractivity contribution in [3.05, 3.63) is 46.8 Å². The van der Waals surface area contributed by atoms with Crippen molar-refractivity contribution in [1.82, 2.24) is 19.6 Å². The molecule has 0 N–H and O–H groups in total. The number of piperazine rings is 1. The Morgan fingerprint density at radius 3 is 2.74 bits per heavy atom. The van der Waals surface area contributed by atoms with Gasteiger partial charge in [-0.1, -0.05) is 6.07 Å². The van der Waals surface area contributed by atoms with E-state index in [4.69, 9.17) is 4.74 Å². The van der Waals surface area contributed by atoms with Crippen LogP contribution in [0.5, 0.6) is 5.75 Å². The lowest BCUT2D eigenvalue weighted by Gasteiger charge is -2.42. The van der Waals surface area contributed by atoms with Crippen molar-refractivity contribution in [1.29, 1.82) is 0 Å². The van der Waals surface area contributed by atoms with Gasteiger partial charge in [-0.05, 0) is 63.9 Å². The number of hydrogen-bond donors (Lipinski definition) is 0. The highest BCUT2D eigenvalue weighted by atomic mass is 16.5. The number of hydrogen-bond acceptors (Lipinski definition) is 4. The largest absolute Gasteiger partial charge is 0.496 e. The van der Waals surface area contributed by atoms with Gasteiger partial charge >= 0.3 is 0 Å². The highest BCUT2D eigenvalue weighted by Gasteiger charge is 2.34. The molecule has 27 heavy (non-hydrogen) atoms. The number of benzene rings is 1. The minimum absolute atomic E-state index is 0.612. The summed E-state index contributed by atoms with van der Waals surface area (Å²) in [6.07, 6.45) is 2.72. The van der Waals surface area contributed by atoms with Crippen LogP contribution in [0.25, 0.3) is 0 Å². The van der Waals surface area contributed by atoms with Gasteiger partial charge in [0.2, 0.25) is 0 Å². The molecule has 146 valence electrons. The van der Waals surface area contributed by atoms with Crippen molar-refractivity contribution in [2.24, 2.45) is 0 Å². The minimum Gasteiger partial charge on any atom is -0.496 e. The maximum atomic E-state index is 5.63. The fourth-order valence-electron chi connectivity index (χ4n) is 4.75. The lowest BCUT2D eigenvalue weighted by Crippen LogP contribution is -2.54. The summed E-state index contributed by atoms with van der Waals surface area (Å²) in [5.74, 6) is 0.944. The number of methoxy groups -OCH3 is 1. The van der Waals surface area contributed by atoms with E-state index in [0.29, 0.717) is 6.04 Å². The average molecular weight is 369 g/mol.